The molecule has 0 aliphatic carbocycles. The van der Waals surface area contributed by atoms with Gasteiger partial charge >= 0.3 is 5.97 Å². The normalized spacial score (nSPS) is 17.0. The number of carboxylic acids is 1. The lowest BCUT2D eigenvalue weighted by atomic mass is 10.00. The van der Waals surface area contributed by atoms with Gasteiger partial charge in [0.05, 0.1) is 12.5 Å². The second-order valence-electron chi connectivity index (χ2n) is 6.92. The molecule has 6 nitrogen and oxygen atoms in total. The van der Waals surface area contributed by atoms with Crippen LogP contribution in [0.2, 0.25) is 0 Å². The van der Waals surface area contributed by atoms with Gasteiger partial charge in [-0.15, -0.1) is 0 Å². The van der Waals surface area contributed by atoms with Crippen molar-refractivity contribution in [1.82, 2.24) is 9.80 Å². The third kappa shape index (κ3) is 3.90. The number of fused-ring (bicyclic) bond motifs is 1. The summed E-state index contributed by atoms with van der Waals surface area (Å²) >= 11 is 0. The number of amides is 1. The zero-order valence-corrected chi connectivity index (χ0v) is 15.4. The highest BCUT2D eigenvalue weighted by Crippen LogP contribution is 2.27. The molecule has 1 aliphatic rings. The van der Waals surface area contributed by atoms with Gasteiger partial charge in [0, 0.05) is 24.5 Å². The molecular weight excluding hydrogens is 332 g/mol. The monoisotopic (exact) mass is 358 g/mol. The Kier molecular flexibility index (Phi) is 5.61. The molecule has 26 heavy (non-hydrogen) atoms. The molecule has 0 bridgehead atoms. The number of aliphatic carboxylic acids is 1. The molecule has 0 unspecified atom stereocenters. The highest BCUT2D eigenvalue weighted by Gasteiger charge is 2.30. The molecule has 1 aromatic carbocycles. The van der Waals surface area contributed by atoms with E-state index in [2.05, 4.69) is 0 Å². The van der Waals surface area contributed by atoms with Crippen LogP contribution in [0.4, 0.5) is 0 Å². The van der Waals surface area contributed by atoms with Gasteiger partial charge in [-0.05, 0) is 38.4 Å². The van der Waals surface area contributed by atoms with E-state index in [4.69, 9.17) is 9.52 Å². The first-order chi connectivity index (χ1) is 12.5. The minimum atomic E-state index is -0.802. The standard InChI is InChI=1S/C20H26N2O4/c1-3-21(13-19(23)24)16-8-10-22(11-9-16)20(25)14(2)18-12-15-6-4-5-7-17(15)26-18/h4-7,12,14,16H,3,8-11,13H2,1-2H3,(H,23,24)/t14-/m1/s1. The van der Waals surface area contributed by atoms with Crippen LogP contribution in [0, 0.1) is 0 Å². The highest BCUT2D eigenvalue weighted by molar-refractivity contribution is 5.85. The largest absolute Gasteiger partial charge is 0.480 e. The van der Waals surface area contributed by atoms with Gasteiger partial charge in [-0.25, -0.2) is 0 Å². The van der Waals surface area contributed by atoms with E-state index in [-0.39, 0.29) is 24.4 Å². The molecule has 1 amide bonds. The van der Waals surface area contributed by atoms with Crippen molar-refractivity contribution in [2.45, 2.75) is 38.6 Å². The summed E-state index contributed by atoms with van der Waals surface area (Å²) in [6.45, 7) is 5.94. The first kappa shape index (κ1) is 18.5. The molecule has 1 N–H and O–H groups in total. The summed E-state index contributed by atoms with van der Waals surface area (Å²) in [6.07, 6.45) is 1.61. The molecule has 1 fully saturated rings. The van der Waals surface area contributed by atoms with E-state index in [0.29, 0.717) is 25.4 Å². The Morgan fingerprint density at radius 3 is 2.62 bits per heavy atom. The second kappa shape index (κ2) is 7.91. The van der Waals surface area contributed by atoms with E-state index in [1.165, 1.54) is 0 Å². The van der Waals surface area contributed by atoms with Crippen LogP contribution in [0.3, 0.4) is 0 Å². The Bertz CT molecular complexity index is 744. The fraction of sp³-hybridized carbons (Fsp3) is 0.500. The van der Waals surface area contributed by atoms with Gasteiger partial charge in [0.2, 0.25) is 5.91 Å². The van der Waals surface area contributed by atoms with Crippen LogP contribution in [0.25, 0.3) is 11.0 Å². The van der Waals surface area contributed by atoms with E-state index < -0.39 is 5.97 Å². The number of carbonyl (C=O) groups is 2. The van der Waals surface area contributed by atoms with E-state index >= 15 is 0 Å². The number of piperidine rings is 1. The van der Waals surface area contributed by atoms with Crippen LogP contribution in [0.5, 0.6) is 0 Å². The number of hydrogen-bond donors (Lipinski definition) is 1. The van der Waals surface area contributed by atoms with Crippen molar-refractivity contribution in [2.24, 2.45) is 0 Å². The number of para-hydroxylation sites is 1. The Morgan fingerprint density at radius 2 is 2.00 bits per heavy atom. The summed E-state index contributed by atoms with van der Waals surface area (Å²) in [5.41, 5.74) is 0.799. The van der Waals surface area contributed by atoms with Crippen molar-refractivity contribution in [3.63, 3.8) is 0 Å². The van der Waals surface area contributed by atoms with Crippen LogP contribution in [0.1, 0.15) is 38.4 Å². The lowest BCUT2D eigenvalue weighted by Crippen LogP contribution is -2.48. The Labute approximate surface area is 153 Å². The maximum Gasteiger partial charge on any atom is 0.317 e. The van der Waals surface area contributed by atoms with Crippen molar-refractivity contribution in [3.05, 3.63) is 36.1 Å². The lowest BCUT2D eigenvalue weighted by Gasteiger charge is -2.38. The van der Waals surface area contributed by atoms with Crippen molar-refractivity contribution in [3.8, 4) is 0 Å². The topological polar surface area (TPSA) is 74.0 Å². The molecule has 1 aromatic heterocycles. The number of carboxylic acid groups (broad SMARTS) is 1. The zero-order chi connectivity index (χ0) is 18.7. The van der Waals surface area contributed by atoms with Crippen molar-refractivity contribution in [1.29, 1.82) is 0 Å². The first-order valence-corrected chi connectivity index (χ1v) is 9.22. The summed E-state index contributed by atoms with van der Waals surface area (Å²) in [5, 5.41) is 10.0. The van der Waals surface area contributed by atoms with Gasteiger partial charge in [-0.2, -0.15) is 0 Å². The number of benzene rings is 1. The van der Waals surface area contributed by atoms with E-state index in [9.17, 15) is 9.59 Å². The summed E-state index contributed by atoms with van der Waals surface area (Å²) in [5.74, 6) is -0.354. The third-order valence-electron chi connectivity index (χ3n) is 5.28. The van der Waals surface area contributed by atoms with Crippen LogP contribution >= 0.6 is 0 Å². The highest BCUT2D eigenvalue weighted by atomic mass is 16.4. The molecule has 3 rings (SSSR count). The average Bonchev–Trinajstić information content (AvgIpc) is 3.09. The number of hydrogen-bond acceptors (Lipinski definition) is 4. The predicted molar refractivity (Wildman–Crippen MR) is 99.1 cm³/mol. The molecule has 2 aromatic rings. The maximum atomic E-state index is 12.9. The van der Waals surface area contributed by atoms with Gasteiger partial charge in [-0.3, -0.25) is 14.5 Å². The minimum Gasteiger partial charge on any atom is -0.480 e. The molecule has 1 saturated heterocycles. The molecular formula is C20H26N2O4. The number of furan rings is 1. The molecule has 6 heteroatoms. The molecule has 2 heterocycles. The van der Waals surface area contributed by atoms with Crippen LogP contribution in [-0.2, 0) is 9.59 Å². The zero-order valence-electron chi connectivity index (χ0n) is 15.4. The average molecular weight is 358 g/mol. The Morgan fingerprint density at radius 1 is 1.31 bits per heavy atom. The van der Waals surface area contributed by atoms with Crippen molar-refractivity contribution >= 4 is 22.8 Å². The van der Waals surface area contributed by atoms with Crippen molar-refractivity contribution in [2.75, 3.05) is 26.2 Å². The van der Waals surface area contributed by atoms with Gasteiger partial charge in [-0.1, -0.05) is 25.1 Å². The minimum absolute atomic E-state index is 0.0600. The fourth-order valence-corrected chi connectivity index (χ4v) is 3.74. The number of carbonyl (C=O) groups excluding carboxylic acids is 1. The molecule has 140 valence electrons. The lowest BCUT2D eigenvalue weighted by molar-refractivity contribution is -0.140. The van der Waals surface area contributed by atoms with Gasteiger partial charge < -0.3 is 14.4 Å². The Balaban J connectivity index is 1.61. The number of likely N-dealkylation sites (N-methyl/N-ethyl adjacent to an activating group) is 1. The third-order valence-corrected chi connectivity index (χ3v) is 5.28. The molecule has 0 saturated carbocycles. The van der Waals surface area contributed by atoms with E-state index in [0.717, 1.165) is 23.8 Å². The summed E-state index contributed by atoms with van der Waals surface area (Å²) in [6, 6.07) is 9.92. The van der Waals surface area contributed by atoms with Gasteiger partial charge in [0.15, 0.2) is 0 Å². The summed E-state index contributed by atoms with van der Waals surface area (Å²) < 4.78 is 5.84. The Hall–Kier alpha value is -2.34. The first-order valence-electron chi connectivity index (χ1n) is 9.22. The number of nitrogens with zero attached hydrogens (tertiary/aromatic N) is 2. The van der Waals surface area contributed by atoms with E-state index in [1.807, 2.05) is 54.0 Å². The van der Waals surface area contributed by atoms with Crippen molar-refractivity contribution < 1.29 is 19.1 Å². The molecule has 1 atom stereocenters. The smallest absolute Gasteiger partial charge is 0.317 e. The van der Waals surface area contributed by atoms with Gasteiger partial charge in [0.25, 0.3) is 0 Å². The maximum absolute atomic E-state index is 12.9. The van der Waals surface area contributed by atoms with E-state index in [1.54, 1.807) is 0 Å². The second-order valence-corrected chi connectivity index (χ2v) is 6.92. The van der Waals surface area contributed by atoms with Crippen LogP contribution < -0.4 is 0 Å². The SMILES string of the molecule is CCN(CC(=O)O)C1CCN(C(=O)[C@H](C)c2cc3ccccc3o2)CC1. The predicted octanol–water partition coefficient (Wildman–Crippen LogP) is 2.93. The summed E-state index contributed by atoms with van der Waals surface area (Å²) in [4.78, 5) is 27.7. The molecule has 1 aliphatic heterocycles. The molecule has 0 radical (unpaired) electrons. The molecule has 0 spiro atoms. The van der Waals surface area contributed by atoms with Crippen LogP contribution in [-0.4, -0.2) is 59.0 Å². The van der Waals surface area contributed by atoms with Gasteiger partial charge in [0.1, 0.15) is 11.3 Å². The fourth-order valence-electron chi connectivity index (χ4n) is 3.74. The summed E-state index contributed by atoms with van der Waals surface area (Å²) in [7, 11) is 0. The number of rotatable bonds is 6. The quantitative estimate of drug-likeness (QED) is 0.859. The van der Waals surface area contributed by atoms with Crippen LogP contribution in [0.15, 0.2) is 34.7 Å². The number of likely N-dealkylation sites (tertiary alicyclic amines) is 1.